The van der Waals surface area contributed by atoms with Gasteiger partial charge in [0.05, 0.1) is 0 Å². The number of aliphatic hydroxyl groups excluding tert-OH is 2. The number of aliphatic hydroxyl groups is 2. The molecule has 0 radical (unpaired) electrons. The lowest BCUT2D eigenvalue weighted by Gasteiger charge is -2.25. The van der Waals surface area contributed by atoms with E-state index in [4.69, 9.17) is 10.2 Å². The SMILES string of the molecule is CCCNCCC.OCC1CCC(CO)CC1. The number of nitrogens with one attached hydrogen (secondary N) is 1. The Balaban J connectivity index is 0.000000325. The van der Waals surface area contributed by atoms with Gasteiger partial charge in [-0.15, -0.1) is 0 Å². The maximum atomic E-state index is 8.79. The van der Waals surface area contributed by atoms with Gasteiger partial charge in [0.25, 0.3) is 0 Å². The zero-order valence-electron chi connectivity index (χ0n) is 11.6. The van der Waals surface area contributed by atoms with Gasteiger partial charge in [-0.2, -0.15) is 0 Å². The van der Waals surface area contributed by atoms with E-state index in [9.17, 15) is 0 Å². The minimum Gasteiger partial charge on any atom is -0.396 e. The lowest BCUT2D eigenvalue weighted by atomic mass is 9.83. The quantitative estimate of drug-likeness (QED) is 0.629. The normalized spacial score (nSPS) is 24.0. The lowest BCUT2D eigenvalue weighted by Crippen LogP contribution is -2.19. The zero-order valence-corrected chi connectivity index (χ0v) is 11.6. The number of rotatable bonds is 6. The smallest absolute Gasteiger partial charge is 0.0459 e. The van der Waals surface area contributed by atoms with Gasteiger partial charge in [0.1, 0.15) is 0 Å². The first-order valence-corrected chi connectivity index (χ1v) is 7.20. The van der Waals surface area contributed by atoms with E-state index in [2.05, 4.69) is 19.2 Å². The van der Waals surface area contributed by atoms with Gasteiger partial charge in [0.15, 0.2) is 0 Å². The second-order valence-electron chi connectivity index (χ2n) is 5.00. The molecule has 0 saturated heterocycles. The molecule has 0 heterocycles. The first kappa shape index (κ1) is 16.9. The Morgan fingerprint density at radius 2 is 1.18 bits per heavy atom. The van der Waals surface area contributed by atoms with Gasteiger partial charge >= 0.3 is 0 Å². The Kier molecular flexibility index (Phi) is 12.3. The Bertz CT molecular complexity index is 129. The molecular formula is C14H31NO2. The van der Waals surface area contributed by atoms with E-state index in [0.29, 0.717) is 25.0 Å². The van der Waals surface area contributed by atoms with Crippen LogP contribution in [-0.2, 0) is 0 Å². The summed E-state index contributed by atoms with van der Waals surface area (Å²) in [5.74, 6) is 1.03. The summed E-state index contributed by atoms with van der Waals surface area (Å²) < 4.78 is 0. The maximum absolute atomic E-state index is 8.79. The van der Waals surface area contributed by atoms with Crippen LogP contribution >= 0.6 is 0 Å². The van der Waals surface area contributed by atoms with Crippen LogP contribution in [0.15, 0.2) is 0 Å². The molecule has 3 N–H and O–H groups in total. The Morgan fingerprint density at radius 1 is 0.824 bits per heavy atom. The van der Waals surface area contributed by atoms with Crippen molar-refractivity contribution in [3.05, 3.63) is 0 Å². The lowest BCUT2D eigenvalue weighted by molar-refractivity contribution is 0.131. The first-order chi connectivity index (χ1) is 8.28. The van der Waals surface area contributed by atoms with Crippen LogP contribution < -0.4 is 5.32 Å². The molecule has 0 spiro atoms. The van der Waals surface area contributed by atoms with Crippen LogP contribution in [0.25, 0.3) is 0 Å². The van der Waals surface area contributed by atoms with Crippen molar-refractivity contribution in [1.29, 1.82) is 0 Å². The fourth-order valence-electron chi connectivity index (χ4n) is 2.08. The average molecular weight is 245 g/mol. The molecule has 3 heteroatoms. The molecule has 3 nitrogen and oxygen atoms in total. The predicted molar refractivity (Wildman–Crippen MR) is 73.1 cm³/mol. The highest BCUT2D eigenvalue weighted by Crippen LogP contribution is 2.27. The molecule has 1 fully saturated rings. The summed E-state index contributed by atoms with van der Waals surface area (Å²) in [6.45, 7) is 7.38. The van der Waals surface area contributed by atoms with Crippen molar-refractivity contribution < 1.29 is 10.2 Å². The van der Waals surface area contributed by atoms with Gasteiger partial charge in [-0.25, -0.2) is 0 Å². The third-order valence-corrected chi connectivity index (χ3v) is 3.34. The van der Waals surface area contributed by atoms with E-state index >= 15 is 0 Å². The number of hydrogen-bond acceptors (Lipinski definition) is 3. The molecule has 17 heavy (non-hydrogen) atoms. The second-order valence-corrected chi connectivity index (χ2v) is 5.00. The van der Waals surface area contributed by atoms with E-state index in [1.807, 2.05) is 0 Å². The summed E-state index contributed by atoms with van der Waals surface area (Å²) in [6, 6.07) is 0. The summed E-state index contributed by atoms with van der Waals surface area (Å²) in [7, 11) is 0. The largest absolute Gasteiger partial charge is 0.396 e. The molecule has 0 aromatic rings. The molecule has 0 bridgehead atoms. The monoisotopic (exact) mass is 245 g/mol. The van der Waals surface area contributed by atoms with Crippen molar-refractivity contribution in [1.82, 2.24) is 5.32 Å². The van der Waals surface area contributed by atoms with Crippen LogP contribution in [0.2, 0.25) is 0 Å². The van der Waals surface area contributed by atoms with Gasteiger partial charge in [0, 0.05) is 13.2 Å². The predicted octanol–water partition coefficient (Wildman–Crippen LogP) is 2.17. The summed E-state index contributed by atoms with van der Waals surface area (Å²) in [5.41, 5.74) is 0. The summed E-state index contributed by atoms with van der Waals surface area (Å²) in [5, 5.41) is 20.9. The summed E-state index contributed by atoms with van der Waals surface area (Å²) in [6.07, 6.45) is 6.90. The van der Waals surface area contributed by atoms with Crippen LogP contribution in [0.4, 0.5) is 0 Å². The van der Waals surface area contributed by atoms with Crippen molar-refractivity contribution in [2.75, 3.05) is 26.3 Å². The summed E-state index contributed by atoms with van der Waals surface area (Å²) >= 11 is 0. The molecule has 1 aliphatic carbocycles. The highest BCUT2D eigenvalue weighted by atomic mass is 16.3. The molecule has 1 aliphatic rings. The maximum Gasteiger partial charge on any atom is 0.0459 e. The minimum absolute atomic E-state index is 0.331. The van der Waals surface area contributed by atoms with E-state index < -0.39 is 0 Å². The fraction of sp³-hybridized carbons (Fsp3) is 1.00. The van der Waals surface area contributed by atoms with Crippen LogP contribution in [0.5, 0.6) is 0 Å². The standard InChI is InChI=1S/C8H16O2.C6H15N/c9-5-7-1-2-8(6-10)4-3-7;1-3-5-7-6-4-2/h7-10H,1-6H2;7H,3-6H2,1-2H3. The summed E-state index contributed by atoms with van der Waals surface area (Å²) in [4.78, 5) is 0. The van der Waals surface area contributed by atoms with Crippen molar-refractivity contribution in [3.63, 3.8) is 0 Å². The van der Waals surface area contributed by atoms with Gasteiger partial charge in [-0.05, 0) is 63.5 Å². The highest BCUT2D eigenvalue weighted by molar-refractivity contribution is 4.70. The molecule has 0 amide bonds. The van der Waals surface area contributed by atoms with Crippen LogP contribution in [0.1, 0.15) is 52.4 Å². The van der Waals surface area contributed by atoms with Crippen molar-refractivity contribution in [2.24, 2.45) is 11.8 Å². The Hall–Kier alpha value is -0.120. The molecule has 0 atom stereocenters. The molecular weight excluding hydrogens is 214 g/mol. The molecule has 0 aliphatic heterocycles. The van der Waals surface area contributed by atoms with Gasteiger partial charge in [0.2, 0.25) is 0 Å². The van der Waals surface area contributed by atoms with Crippen LogP contribution in [0.3, 0.4) is 0 Å². The second kappa shape index (κ2) is 12.3. The van der Waals surface area contributed by atoms with Gasteiger partial charge < -0.3 is 15.5 Å². The minimum atomic E-state index is 0.331. The van der Waals surface area contributed by atoms with E-state index in [1.54, 1.807) is 0 Å². The Labute approximate surface area is 107 Å². The van der Waals surface area contributed by atoms with Gasteiger partial charge in [-0.3, -0.25) is 0 Å². The zero-order chi connectivity index (χ0) is 12.9. The number of hydrogen-bond donors (Lipinski definition) is 3. The molecule has 0 aromatic heterocycles. The molecule has 1 saturated carbocycles. The average Bonchev–Trinajstić information content (AvgIpc) is 2.40. The molecule has 104 valence electrons. The third kappa shape index (κ3) is 9.57. The third-order valence-electron chi connectivity index (χ3n) is 3.34. The molecule has 1 rings (SSSR count). The fourth-order valence-corrected chi connectivity index (χ4v) is 2.08. The van der Waals surface area contributed by atoms with Crippen molar-refractivity contribution >= 4 is 0 Å². The van der Waals surface area contributed by atoms with Crippen molar-refractivity contribution in [3.8, 4) is 0 Å². The van der Waals surface area contributed by atoms with E-state index in [-0.39, 0.29) is 0 Å². The van der Waals surface area contributed by atoms with E-state index in [0.717, 1.165) is 25.7 Å². The highest BCUT2D eigenvalue weighted by Gasteiger charge is 2.19. The van der Waals surface area contributed by atoms with E-state index in [1.165, 1.54) is 25.9 Å². The van der Waals surface area contributed by atoms with Crippen LogP contribution in [0, 0.1) is 11.8 Å². The van der Waals surface area contributed by atoms with Crippen molar-refractivity contribution in [2.45, 2.75) is 52.4 Å². The Morgan fingerprint density at radius 3 is 1.41 bits per heavy atom. The molecule has 0 unspecified atom stereocenters. The van der Waals surface area contributed by atoms with Crippen LogP contribution in [-0.4, -0.2) is 36.5 Å². The van der Waals surface area contributed by atoms with Gasteiger partial charge in [-0.1, -0.05) is 13.8 Å². The topological polar surface area (TPSA) is 52.5 Å². The molecule has 0 aromatic carbocycles. The first-order valence-electron chi connectivity index (χ1n) is 7.20.